The first kappa shape index (κ1) is 13.9. The van der Waals surface area contributed by atoms with E-state index in [-0.39, 0.29) is 5.60 Å². The van der Waals surface area contributed by atoms with Gasteiger partial charge >= 0.3 is 0 Å². The molecule has 5 heteroatoms. The van der Waals surface area contributed by atoms with Crippen molar-refractivity contribution in [3.8, 4) is 5.88 Å². The molecule has 0 aliphatic carbocycles. The fourth-order valence-corrected chi connectivity index (χ4v) is 1.91. The van der Waals surface area contributed by atoms with Gasteiger partial charge in [-0.3, -0.25) is 0 Å². The van der Waals surface area contributed by atoms with Crippen LogP contribution in [0.1, 0.15) is 27.2 Å². The van der Waals surface area contributed by atoms with Gasteiger partial charge in [-0.25, -0.2) is 0 Å². The van der Waals surface area contributed by atoms with Gasteiger partial charge in [0.2, 0.25) is 5.88 Å². The number of hydrogen-bond acceptors (Lipinski definition) is 5. The van der Waals surface area contributed by atoms with E-state index in [0.717, 1.165) is 32.0 Å². The second kappa shape index (κ2) is 5.65. The monoisotopic (exact) mass is 265 g/mol. The van der Waals surface area contributed by atoms with Gasteiger partial charge in [-0.05, 0) is 39.3 Å². The predicted molar refractivity (Wildman–Crippen MR) is 76.4 cm³/mol. The molecule has 0 bridgehead atoms. The molecule has 1 fully saturated rings. The van der Waals surface area contributed by atoms with E-state index in [1.165, 1.54) is 0 Å². The average Bonchev–Trinajstić information content (AvgIpc) is 2.81. The molecule has 0 aromatic carbocycles. The number of pyridine rings is 1. The third kappa shape index (κ3) is 4.28. The number of ether oxygens (including phenoxy) is 2. The lowest BCUT2D eigenvalue weighted by Gasteiger charge is -2.22. The van der Waals surface area contributed by atoms with Crippen LogP contribution in [0.3, 0.4) is 0 Å². The molecule has 1 aliphatic heterocycles. The van der Waals surface area contributed by atoms with Crippen LogP contribution < -0.4 is 15.8 Å². The van der Waals surface area contributed by atoms with E-state index >= 15 is 0 Å². The summed E-state index contributed by atoms with van der Waals surface area (Å²) >= 11 is 0. The second-order valence-corrected chi connectivity index (χ2v) is 5.92. The zero-order valence-corrected chi connectivity index (χ0v) is 11.9. The molecule has 1 atom stereocenters. The fourth-order valence-electron chi connectivity index (χ4n) is 1.91. The summed E-state index contributed by atoms with van der Waals surface area (Å²) in [5.41, 5.74) is 6.13. The maximum absolute atomic E-state index is 5.88. The second-order valence-electron chi connectivity index (χ2n) is 5.92. The molecule has 0 radical (unpaired) electrons. The maximum Gasteiger partial charge on any atom is 0.239 e. The Labute approximate surface area is 114 Å². The molecule has 5 nitrogen and oxygen atoms in total. The van der Waals surface area contributed by atoms with E-state index < -0.39 is 0 Å². The summed E-state index contributed by atoms with van der Waals surface area (Å²) in [4.78, 5) is 4.42. The molecule has 1 unspecified atom stereocenters. The van der Waals surface area contributed by atoms with Crippen molar-refractivity contribution in [2.24, 2.45) is 5.92 Å². The standard InChI is InChI=1S/C14H23N3O2/c1-14(2,3)19-13-11(15)4-5-12(17-13)16-8-10-6-7-18-9-10/h4-5,10H,6-9,15H2,1-3H3,(H,16,17). The third-order valence-corrected chi connectivity index (χ3v) is 2.89. The Morgan fingerprint density at radius 1 is 1.47 bits per heavy atom. The number of nitrogens with one attached hydrogen (secondary N) is 1. The first-order chi connectivity index (χ1) is 8.94. The molecule has 1 aromatic rings. The predicted octanol–water partition coefficient (Wildman–Crippen LogP) is 2.29. The summed E-state index contributed by atoms with van der Waals surface area (Å²) in [5, 5.41) is 3.31. The first-order valence-electron chi connectivity index (χ1n) is 6.71. The Bertz CT molecular complexity index is 423. The van der Waals surface area contributed by atoms with Crippen molar-refractivity contribution in [2.75, 3.05) is 30.8 Å². The Morgan fingerprint density at radius 2 is 2.26 bits per heavy atom. The number of nitrogens with zero attached hydrogens (tertiary/aromatic N) is 1. The van der Waals surface area contributed by atoms with Crippen molar-refractivity contribution in [1.29, 1.82) is 0 Å². The quantitative estimate of drug-likeness (QED) is 0.874. The number of nitrogens with two attached hydrogens (primary N) is 1. The Hall–Kier alpha value is -1.49. The molecule has 0 saturated carbocycles. The molecule has 2 rings (SSSR count). The lowest BCUT2D eigenvalue weighted by molar-refractivity contribution is 0.125. The summed E-state index contributed by atoms with van der Waals surface area (Å²) in [7, 11) is 0. The minimum Gasteiger partial charge on any atom is -0.470 e. The highest BCUT2D eigenvalue weighted by Gasteiger charge is 2.17. The summed E-state index contributed by atoms with van der Waals surface area (Å²) < 4.78 is 11.1. The van der Waals surface area contributed by atoms with Gasteiger partial charge in [-0.1, -0.05) is 0 Å². The zero-order valence-electron chi connectivity index (χ0n) is 11.9. The largest absolute Gasteiger partial charge is 0.470 e. The average molecular weight is 265 g/mol. The number of nitrogen functional groups attached to an aromatic ring is 1. The molecule has 0 amide bonds. The molecule has 19 heavy (non-hydrogen) atoms. The van der Waals surface area contributed by atoms with Crippen molar-refractivity contribution in [3.63, 3.8) is 0 Å². The molecule has 0 spiro atoms. The van der Waals surface area contributed by atoms with Crippen LogP contribution >= 0.6 is 0 Å². The van der Waals surface area contributed by atoms with Crippen LogP contribution in [0.4, 0.5) is 11.5 Å². The van der Waals surface area contributed by atoms with E-state index in [9.17, 15) is 0 Å². The Balaban J connectivity index is 1.99. The van der Waals surface area contributed by atoms with Gasteiger partial charge in [0.1, 0.15) is 11.4 Å². The molecule has 2 heterocycles. The van der Waals surface area contributed by atoms with Crippen LogP contribution in [-0.4, -0.2) is 30.3 Å². The SMILES string of the molecule is CC(C)(C)Oc1nc(NCC2CCOC2)ccc1N. The van der Waals surface area contributed by atoms with Gasteiger partial charge in [0.25, 0.3) is 0 Å². The van der Waals surface area contributed by atoms with Crippen LogP contribution in [-0.2, 0) is 4.74 Å². The minimum absolute atomic E-state index is 0.307. The van der Waals surface area contributed by atoms with Crippen LogP contribution in [0.5, 0.6) is 5.88 Å². The summed E-state index contributed by atoms with van der Waals surface area (Å²) in [6.45, 7) is 8.48. The van der Waals surface area contributed by atoms with Crippen molar-refractivity contribution >= 4 is 11.5 Å². The number of anilines is 2. The lowest BCUT2D eigenvalue weighted by atomic mass is 10.1. The van der Waals surface area contributed by atoms with Crippen molar-refractivity contribution in [2.45, 2.75) is 32.8 Å². The van der Waals surface area contributed by atoms with Crippen molar-refractivity contribution in [3.05, 3.63) is 12.1 Å². The van der Waals surface area contributed by atoms with E-state index in [1.54, 1.807) is 0 Å². The molecular weight excluding hydrogens is 242 g/mol. The smallest absolute Gasteiger partial charge is 0.239 e. The summed E-state index contributed by atoms with van der Waals surface area (Å²) in [5.74, 6) is 1.84. The highest BCUT2D eigenvalue weighted by Crippen LogP contribution is 2.25. The van der Waals surface area contributed by atoms with Crippen LogP contribution in [0.15, 0.2) is 12.1 Å². The van der Waals surface area contributed by atoms with E-state index in [1.807, 2.05) is 32.9 Å². The molecule has 1 saturated heterocycles. The Kier molecular flexibility index (Phi) is 4.14. The van der Waals surface area contributed by atoms with E-state index in [4.69, 9.17) is 15.2 Å². The third-order valence-electron chi connectivity index (χ3n) is 2.89. The molecular formula is C14H23N3O2. The normalized spacial score (nSPS) is 19.4. The Morgan fingerprint density at radius 3 is 2.89 bits per heavy atom. The van der Waals surface area contributed by atoms with Gasteiger partial charge in [0.05, 0.1) is 12.3 Å². The first-order valence-corrected chi connectivity index (χ1v) is 6.71. The van der Waals surface area contributed by atoms with Crippen LogP contribution in [0.25, 0.3) is 0 Å². The van der Waals surface area contributed by atoms with Gasteiger partial charge < -0.3 is 20.5 Å². The molecule has 106 valence electrons. The lowest BCUT2D eigenvalue weighted by Crippen LogP contribution is -2.24. The highest BCUT2D eigenvalue weighted by atomic mass is 16.5. The van der Waals surface area contributed by atoms with Crippen molar-refractivity contribution in [1.82, 2.24) is 4.98 Å². The summed E-state index contributed by atoms with van der Waals surface area (Å²) in [6.07, 6.45) is 1.10. The zero-order chi connectivity index (χ0) is 13.9. The molecule has 1 aliphatic rings. The van der Waals surface area contributed by atoms with Gasteiger partial charge in [0, 0.05) is 19.1 Å². The van der Waals surface area contributed by atoms with Crippen LogP contribution in [0.2, 0.25) is 0 Å². The summed E-state index contributed by atoms with van der Waals surface area (Å²) in [6, 6.07) is 3.70. The molecule has 1 aromatic heterocycles. The van der Waals surface area contributed by atoms with Gasteiger partial charge in [0.15, 0.2) is 0 Å². The highest BCUT2D eigenvalue weighted by molar-refractivity contribution is 5.53. The van der Waals surface area contributed by atoms with Gasteiger partial charge in [-0.15, -0.1) is 0 Å². The number of rotatable bonds is 4. The van der Waals surface area contributed by atoms with E-state index in [2.05, 4.69) is 10.3 Å². The topological polar surface area (TPSA) is 69.4 Å². The number of aromatic nitrogens is 1. The molecule has 3 N–H and O–H groups in total. The van der Waals surface area contributed by atoms with E-state index in [0.29, 0.717) is 17.5 Å². The van der Waals surface area contributed by atoms with Crippen LogP contribution in [0, 0.1) is 5.92 Å². The maximum atomic E-state index is 5.88. The van der Waals surface area contributed by atoms with Gasteiger partial charge in [-0.2, -0.15) is 4.98 Å². The fraction of sp³-hybridized carbons (Fsp3) is 0.643. The minimum atomic E-state index is -0.307. The van der Waals surface area contributed by atoms with Crippen molar-refractivity contribution < 1.29 is 9.47 Å². The number of hydrogen-bond donors (Lipinski definition) is 2.